The van der Waals surface area contributed by atoms with Crippen LogP contribution in [0.15, 0.2) is 18.3 Å². The van der Waals surface area contributed by atoms with E-state index in [0.29, 0.717) is 11.1 Å². The molecule has 0 unspecified atom stereocenters. The van der Waals surface area contributed by atoms with Gasteiger partial charge >= 0.3 is 0 Å². The first kappa shape index (κ1) is 11.2. The Morgan fingerprint density at radius 3 is 3.07 bits per heavy atom. The number of nitrogens with two attached hydrogens (primary N) is 1. The van der Waals surface area contributed by atoms with Gasteiger partial charge in [-0.1, -0.05) is 23.8 Å². The van der Waals surface area contributed by atoms with Crippen molar-refractivity contribution in [1.29, 1.82) is 5.26 Å². The summed E-state index contributed by atoms with van der Waals surface area (Å²) in [6.07, 6.45) is 4.70. The number of primary amides is 1. The Morgan fingerprint density at radius 2 is 2.47 bits per heavy atom. The van der Waals surface area contributed by atoms with Gasteiger partial charge in [-0.3, -0.25) is 4.79 Å². The molecule has 1 heterocycles. The minimum Gasteiger partial charge on any atom is -0.369 e. The van der Waals surface area contributed by atoms with Crippen LogP contribution in [0.25, 0.3) is 6.08 Å². The van der Waals surface area contributed by atoms with E-state index in [1.807, 2.05) is 6.07 Å². The van der Waals surface area contributed by atoms with Crippen molar-refractivity contribution in [2.75, 3.05) is 0 Å². The highest BCUT2D eigenvalue weighted by Gasteiger charge is 1.99. The minimum absolute atomic E-state index is 0.132. The maximum absolute atomic E-state index is 10.5. The van der Waals surface area contributed by atoms with E-state index in [1.54, 1.807) is 18.2 Å². The Labute approximate surface area is 92.0 Å². The van der Waals surface area contributed by atoms with Crippen LogP contribution >= 0.6 is 11.6 Å². The summed E-state index contributed by atoms with van der Waals surface area (Å²) in [4.78, 5) is 14.3. The van der Waals surface area contributed by atoms with E-state index in [0.717, 1.165) is 0 Å². The zero-order chi connectivity index (χ0) is 11.3. The Morgan fingerprint density at radius 1 is 1.73 bits per heavy atom. The number of nitriles is 1. The first-order chi connectivity index (χ1) is 7.13. The fourth-order valence-corrected chi connectivity index (χ4v) is 1.11. The van der Waals surface area contributed by atoms with Gasteiger partial charge in [-0.15, -0.1) is 0 Å². The van der Waals surface area contributed by atoms with Crippen molar-refractivity contribution in [3.8, 4) is 6.07 Å². The van der Waals surface area contributed by atoms with Crippen molar-refractivity contribution in [2.24, 2.45) is 5.73 Å². The lowest BCUT2D eigenvalue weighted by atomic mass is 10.2. The van der Waals surface area contributed by atoms with E-state index in [-0.39, 0.29) is 11.6 Å². The van der Waals surface area contributed by atoms with Gasteiger partial charge in [0.15, 0.2) is 0 Å². The SMILES string of the molecule is N#Cc1cnc(Cl)c(C=CCC(N)=O)c1. The standard InChI is InChI=1S/C10H8ClN3O/c11-10-8(2-1-3-9(13)15)4-7(5-12)6-14-10/h1-2,4,6H,3H2,(H2,13,15). The zero-order valence-corrected chi connectivity index (χ0v) is 8.53. The number of halogens is 1. The molecule has 76 valence electrons. The second-order valence-corrected chi connectivity index (χ2v) is 3.15. The first-order valence-electron chi connectivity index (χ1n) is 4.14. The summed E-state index contributed by atoms with van der Waals surface area (Å²) in [5, 5.41) is 8.92. The first-order valence-corrected chi connectivity index (χ1v) is 4.51. The normalized spacial score (nSPS) is 10.1. The van der Waals surface area contributed by atoms with Crippen LogP contribution in [0, 0.1) is 11.3 Å². The average molecular weight is 222 g/mol. The molecule has 4 nitrogen and oxygen atoms in total. The largest absolute Gasteiger partial charge is 0.369 e. The lowest BCUT2D eigenvalue weighted by Gasteiger charge is -1.96. The molecule has 0 bridgehead atoms. The molecule has 0 aliphatic carbocycles. The van der Waals surface area contributed by atoms with Crippen LogP contribution in [-0.2, 0) is 4.79 Å². The van der Waals surface area contributed by atoms with Crippen molar-refractivity contribution in [3.05, 3.63) is 34.6 Å². The highest BCUT2D eigenvalue weighted by atomic mass is 35.5. The van der Waals surface area contributed by atoms with E-state index >= 15 is 0 Å². The lowest BCUT2D eigenvalue weighted by molar-refractivity contribution is -0.117. The number of aromatic nitrogens is 1. The molecule has 5 heteroatoms. The van der Waals surface area contributed by atoms with Crippen LogP contribution in [0.4, 0.5) is 0 Å². The van der Waals surface area contributed by atoms with Gasteiger partial charge in [0.05, 0.1) is 5.56 Å². The second-order valence-electron chi connectivity index (χ2n) is 2.79. The molecule has 1 aromatic heterocycles. The fourth-order valence-electron chi connectivity index (χ4n) is 0.945. The Balaban J connectivity index is 2.89. The van der Waals surface area contributed by atoms with Crippen molar-refractivity contribution < 1.29 is 4.79 Å². The van der Waals surface area contributed by atoms with E-state index in [1.165, 1.54) is 6.20 Å². The van der Waals surface area contributed by atoms with Crippen LogP contribution in [0.1, 0.15) is 17.5 Å². The summed E-state index contributed by atoms with van der Waals surface area (Å²) >= 11 is 5.78. The molecule has 0 atom stereocenters. The van der Waals surface area contributed by atoms with Gasteiger partial charge in [0.2, 0.25) is 5.91 Å². The molecule has 1 rings (SSSR count). The van der Waals surface area contributed by atoms with Crippen molar-refractivity contribution in [2.45, 2.75) is 6.42 Å². The van der Waals surface area contributed by atoms with E-state index in [4.69, 9.17) is 22.6 Å². The third kappa shape index (κ3) is 3.41. The summed E-state index contributed by atoms with van der Waals surface area (Å²) < 4.78 is 0. The summed E-state index contributed by atoms with van der Waals surface area (Å²) in [5.74, 6) is -0.424. The molecule has 0 saturated heterocycles. The number of carbonyl (C=O) groups is 1. The van der Waals surface area contributed by atoms with E-state index < -0.39 is 5.91 Å². The quantitative estimate of drug-likeness (QED) is 0.786. The van der Waals surface area contributed by atoms with Crippen molar-refractivity contribution in [3.63, 3.8) is 0 Å². The molecule has 15 heavy (non-hydrogen) atoms. The summed E-state index contributed by atoms with van der Waals surface area (Å²) in [7, 11) is 0. The molecule has 0 spiro atoms. The highest BCUT2D eigenvalue weighted by Crippen LogP contribution is 2.15. The second kappa shape index (κ2) is 5.13. The number of nitrogens with zero attached hydrogens (tertiary/aromatic N) is 2. The van der Waals surface area contributed by atoms with Crippen LogP contribution < -0.4 is 5.73 Å². The van der Waals surface area contributed by atoms with Gasteiger partial charge in [-0.05, 0) is 6.07 Å². The van der Waals surface area contributed by atoms with Gasteiger partial charge < -0.3 is 5.73 Å². The maximum atomic E-state index is 10.5. The Hall–Kier alpha value is -1.86. The van der Waals surface area contributed by atoms with Gasteiger partial charge in [0, 0.05) is 18.2 Å². The average Bonchev–Trinajstić information content (AvgIpc) is 2.20. The number of pyridine rings is 1. The fraction of sp³-hybridized carbons (Fsp3) is 0.100. The summed E-state index contributed by atoms with van der Waals surface area (Å²) in [6, 6.07) is 3.54. The highest BCUT2D eigenvalue weighted by molar-refractivity contribution is 6.30. The van der Waals surface area contributed by atoms with Gasteiger partial charge in [0.1, 0.15) is 11.2 Å². The molecule has 0 radical (unpaired) electrons. The Kier molecular flexibility index (Phi) is 3.83. The lowest BCUT2D eigenvalue weighted by Crippen LogP contribution is -2.07. The topological polar surface area (TPSA) is 79.8 Å². The van der Waals surface area contributed by atoms with Gasteiger partial charge in [0.25, 0.3) is 0 Å². The number of hydrogen-bond donors (Lipinski definition) is 1. The van der Waals surface area contributed by atoms with Crippen LogP contribution in [0.5, 0.6) is 0 Å². The molecule has 0 fully saturated rings. The summed E-state index contributed by atoms with van der Waals surface area (Å²) in [6.45, 7) is 0. The molecular weight excluding hydrogens is 214 g/mol. The molecule has 1 aromatic rings. The predicted octanol–water partition coefficient (Wildman–Crippen LogP) is 1.50. The zero-order valence-electron chi connectivity index (χ0n) is 7.77. The molecule has 0 saturated carbocycles. The predicted molar refractivity (Wildman–Crippen MR) is 56.8 cm³/mol. The van der Waals surface area contributed by atoms with E-state index in [2.05, 4.69) is 4.98 Å². The third-order valence-corrected chi connectivity index (χ3v) is 1.93. The molecule has 0 aliphatic heterocycles. The molecule has 1 amide bonds. The maximum Gasteiger partial charge on any atom is 0.221 e. The van der Waals surface area contributed by atoms with Gasteiger partial charge in [-0.25, -0.2) is 4.98 Å². The van der Waals surface area contributed by atoms with Crippen LogP contribution in [0.2, 0.25) is 5.15 Å². The molecule has 0 aromatic carbocycles. The molecular formula is C10H8ClN3O. The monoisotopic (exact) mass is 221 g/mol. The smallest absolute Gasteiger partial charge is 0.221 e. The van der Waals surface area contributed by atoms with Crippen LogP contribution in [0.3, 0.4) is 0 Å². The molecule has 0 aliphatic rings. The van der Waals surface area contributed by atoms with Gasteiger partial charge in [-0.2, -0.15) is 5.26 Å². The third-order valence-electron chi connectivity index (χ3n) is 1.61. The number of rotatable bonds is 3. The minimum atomic E-state index is -0.424. The number of carbonyl (C=O) groups excluding carboxylic acids is 1. The number of amides is 1. The van der Waals surface area contributed by atoms with Crippen molar-refractivity contribution >= 4 is 23.6 Å². The van der Waals surface area contributed by atoms with Crippen LogP contribution in [-0.4, -0.2) is 10.9 Å². The summed E-state index contributed by atoms with van der Waals surface area (Å²) in [5.41, 5.74) is 5.97. The number of hydrogen-bond acceptors (Lipinski definition) is 3. The Bertz CT molecular complexity index is 448. The van der Waals surface area contributed by atoms with E-state index in [9.17, 15) is 4.79 Å². The molecule has 2 N–H and O–H groups in total. The van der Waals surface area contributed by atoms with Crippen molar-refractivity contribution in [1.82, 2.24) is 4.98 Å².